The van der Waals surface area contributed by atoms with Crippen molar-refractivity contribution in [2.24, 2.45) is 0 Å². The van der Waals surface area contributed by atoms with E-state index in [-0.39, 0.29) is 35.7 Å². The Morgan fingerprint density at radius 2 is 1.57 bits per heavy atom. The largest absolute Gasteiger partial charge is 0.486 e. The first-order valence-electron chi connectivity index (χ1n) is 11.1. The molecule has 3 aromatic carbocycles. The number of benzene rings is 3. The second-order valence-electron chi connectivity index (χ2n) is 8.21. The van der Waals surface area contributed by atoms with Gasteiger partial charge in [-0.1, -0.05) is 53.0 Å². The molecule has 0 fully saturated rings. The van der Waals surface area contributed by atoms with Crippen LogP contribution >= 0.6 is 34.8 Å². The molecule has 1 heterocycles. The van der Waals surface area contributed by atoms with Crippen LogP contribution in [0.15, 0.2) is 70.5 Å². The molecule has 16 heteroatoms. The number of hydrogen-bond acceptors (Lipinski definition) is 9. The summed E-state index contributed by atoms with van der Waals surface area (Å²) in [4.78, 5) is 7.06. The van der Waals surface area contributed by atoms with Crippen LogP contribution in [0.3, 0.4) is 0 Å². The Balaban J connectivity index is 1.50. The number of nitrogens with two attached hydrogens (primary N) is 2. The number of nitrogens with one attached hydrogen (secondary N) is 1. The van der Waals surface area contributed by atoms with Crippen LogP contribution in [-0.4, -0.2) is 26.8 Å². The lowest BCUT2D eigenvalue weighted by Gasteiger charge is -2.15. The number of hydrogen-bond donors (Lipinski definition) is 3. The van der Waals surface area contributed by atoms with Crippen molar-refractivity contribution in [2.45, 2.75) is 22.9 Å². The van der Waals surface area contributed by atoms with Crippen molar-refractivity contribution in [2.75, 3.05) is 11.5 Å². The lowest BCUT2D eigenvalue weighted by Crippen LogP contribution is -2.23. The summed E-state index contributed by atoms with van der Waals surface area (Å²) >= 11 is 18.5. The highest BCUT2D eigenvalue weighted by molar-refractivity contribution is 7.89. The van der Waals surface area contributed by atoms with Gasteiger partial charge in [-0.25, -0.2) is 18.1 Å². The van der Waals surface area contributed by atoms with Crippen molar-refractivity contribution in [3.63, 3.8) is 0 Å². The van der Waals surface area contributed by atoms with Gasteiger partial charge in [-0.3, -0.25) is 0 Å². The number of ether oxygens (including phenoxy) is 1. The highest BCUT2D eigenvalue weighted by Gasteiger charge is 2.20. The first kappa shape index (κ1) is 29.8. The molecule has 0 bridgehead atoms. The predicted octanol–water partition coefficient (Wildman–Crippen LogP) is 4.98. The molecule has 10 nitrogen and oxygen atoms in total. The first-order chi connectivity index (χ1) is 18.7. The van der Waals surface area contributed by atoms with Crippen molar-refractivity contribution >= 4 is 66.8 Å². The van der Waals surface area contributed by atoms with Crippen molar-refractivity contribution in [3.05, 3.63) is 87.0 Å². The summed E-state index contributed by atoms with van der Waals surface area (Å²) in [6.45, 7) is -0.304. The molecule has 0 atom stereocenters. The van der Waals surface area contributed by atoms with Crippen LogP contribution in [0, 0.1) is 0 Å². The van der Waals surface area contributed by atoms with Gasteiger partial charge in [0.1, 0.15) is 18.2 Å². The maximum atomic E-state index is 13.3. The average molecular weight is 647 g/mol. The van der Waals surface area contributed by atoms with E-state index >= 15 is 0 Å². The number of anilines is 2. The molecule has 0 spiro atoms. The van der Waals surface area contributed by atoms with Gasteiger partial charge in [0.05, 0.1) is 30.6 Å². The average Bonchev–Trinajstić information content (AvgIpc) is 2.88. The van der Waals surface area contributed by atoms with Crippen LogP contribution in [-0.2, 0) is 33.4 Å². The lowest BCUT2D eigenvalue weighted by molar-refractivity contribution is 0.302. The number of sulfonamides is 1. The van der Waals surface area contributed by atoms with Crippen molar-refractivity contribution < 1.29 is 25.5 Å². The molecule has 0 amide bonds. The number of rotatable bonds is 9. The van der Waals surface area contributed by atoms with E-state index < -0.39 is 30.0 Å². The van der Waals surface area contributed by atoms with E-state index in [1.807, 2.05) is 0 Å². The van der Waals surface area contributed by atoms with Gasteiger partial charge in [0.25, 0.3) is 0 Å². The summed E-state index contributed by atoms with van der Waals surface area (Å²) in [6.07, 6.45) is 0. The fraction of sp³-hybridized carbons (Fsp3) is 0.0833. The zero-order valence-electron chi connectivity index (χ0n) is 20.1. The molecule has 1 aromatic heterocycles. The van der Waals surface area contributed by atoms with Gasteiger partial charge >= 0.3 is 10.2 Å². The van der Waals surface area contributed by atoms with Gasteiger partial charge in [-0.2, -0.15) is 13.4 Å². The fourth-order valence-corrected chi connectivity index (χ4v) is 5.79. The van der Waals surface area contributed by atoms with Gasteiger partial charge in [-0.15, -0.1) is 3.89 Å². The topological polar surface area (TPSA) is 167 Å². The minimum atomic E-state index is -5.07. The Bertz CT molecular complexity index is 1830. The minimum absolute atomic E-state index is 0.0664. The second-order valence-corrected chi connectivity index (χ2v) is 12.5. The molecule has 0 saturated carbocycles. The van der Waals surface area contributed by atoms with E-state index in [1.165, 1.54) is 12.1 Å². The molecular weight excluding hydrogens is 628 g/mol. The maximum Gasteiger partial charge on any atom is 0.332 e. The highest BCUT2D eigenvalue weighted by Crippen LogP contribution is 2.34. The second kappa shape index (κ2) is 11.7. The SMILES string of the molecule is Nc1nc(N)c(-c2ccc(Cl)c(Cl)c2)c(COc2ccc(CNS(=O)(=O)c3cccc(S(=O)(=O)F)c3)cc2Cl)n1. The number of aromatic nitrogens is 2. The summed E-state index contributed by atoms with van der Waals surface area (Å²) in [7, 11) is -9.24. The van der Waals surface area contributed by atoms with E-state index in [0.717, 1.165) is 24.3 Å². The molecule has 5 N–H and O–H groups in total. The number of nitrogen functional groups attached to an aromatic ring is 2. The Labute approximate surface area is 244 Å². The summed E-state index contributed by atoms with van der Waals surface area (Å²) in [6, 6.07) is 13.4. The van der Waals surface area contributed by atoms with Crippen LogP contribution in [0.25, 0.3) is 11.1 Å². The van der Waals surface area contributed by atoms with Crippen molar-refractivity contribution in [1.29, 1.82) is 0 Å². The maximum absolute atomic E-state index is 13.3. The molecule has 4 aromatic rings. The van der Waals surface area contributed by atoms with E-state index in [9.17, 15) is 20.7 Å². The van der Waals surface area contributed by atoms with E-state index in [0.29, 0.717) is 32.4 Å². The van der Waals surface area contributed by atoms with Gasteiger partial charge in [0.2, 0.25) is 16.0 Å². The van der Waals surface area contributed by atoms with Crippen LogP contribution < -0.4 is 20.9 Å². The smallest absolute Gasteiger partial charge is 0.332 e. The quantitative estimate of drug-likeness (QED) is 0.212. The number of halogens is 4. The zero-order chi connectivity index (χ0) is 29.2. The summed E-state index contributed by atoms with van der Waals surface area (Å²) in [5.41, 5.74) is 13.7. The van der Waals surface area contributed by atoms with Gasteiger partial charge < -0.3 is 16.2 Å². The molecular formula is C24H19Cl3FN5O5S2. The molecule has 40 heavy (non-hydrogen) atoms. The standard InChI is InChI=1S/C24H19Cl3FN5O5S2/c25-17-6-5-14(9-18(17)26)22-20(32-24(30)33-23(22)29)12-38-21-7-4-13(8-19(21)27)11-31-40(36,37)16-3-1-2-15(10-16)39(28,34)35/h1-10,31H,11-12H2,(H4,29,30,32,33). The zero-order valence-corrected chi connectivity index (χ0v) is 24.0. The minimum Gasteiger partial charge on any atom is -0.486 e. The Hall–Kier alpha value is -3.20. The fourth-order valence-electron chi connectivity index (χ4n) is 3.59. The molecule has 0 aliphatic rings. The first-order valence-corrected chi connectivity index (χ1v) is 15.1. The summed E-state index contributed by atoms with van der Waals surface area (Å²) in [5.74, 6) is 0.293. The third kappa shape index (κ3) is 6.92. The van der Waals surface area contributed by atoms with Crippen molar-refractivity contribution in [3.8, 4) is 16.9 Å². The third-order valence-corrected chi connectivity index (χ3v) is 8.71. The van der Waals surface area contributed by atoms with Gasteiger partial charge in [0.15, 0.2) is 0 Å². The van der Waals surface area contributed by atoms with E-state index in [1.54, 1.807) is 24.3 Å². The molecule has 0 aliphatic carbocycles. The van der Waals surface area contributed by atoms with E-state index in [2.05, 4.69) is 14.7 Å². The summed E-state index contributed by atoms with van der Waals surface area (Å²) < 4.78 is 68.9. The predicted molar refractivity (Wildman–Crippen MR) is 151 cm³/mol. The molecule has 0 aliphatic heterocycles. The van der Waals surface area contributed by atoms with Gasteiger partial charge in [-0.05, 0) is 53.6 Å². The molecule has 0 radical (unpaired) electrons. The lowest BCUT2D eigenvalue weighted by atomic mass is 10.0. The molecule has 4 rings (SSSR count). The Morgan fingerprint density at radius 1 is 0.850 bits per heavy atom. The highest BCUT2D eigenvalue weighted by atomic mass is 35.5. The molecule has 0 saturated heterocycles. The molecule has 0 unspecified atom stereocenters. The van der Waals surface area contributed by atoms with E-state index in [4.69, 9.17) is 51.0 Å². The number of nitrogens with zero attached hydrogens (tertiary/aromatic N) is 2. The monoisotopic (exact) mass is 645 g/mol. The van der Waals surface area contributed by atoms with Gasteiger partial charge in [0, 0.05) is 12.1 Å². The Kier molecular flexibility index (Phi) is 8.73. The third-order valence-electron chi connectivity index (χ3n) is 5.46. The van der Waals surface area contributed by atoms with Crippen LogP contribution in [0.5, 0.6) is 5.75 Å². The van der Waals surface area contributed by atoms with Crippen molar-refractivity contribution in [1.82, 2.24) is 14.7 Å². The van der Waals surface area contributed by atoms with Crippen LogP contribution in [0.4, 0.5) is 15.7 Å². The van der Waals surface area contributed by atoms with Crippen LogP contribution in [0.2, 0.25) is 15.1 Å². The van der Waals surface area contributed by atoms with Crippen LogP contribution in [0.1, 0.15) is 11.3 Å². The normalized spacial score (nSPS) is 11.9. The Morgan fingerprint density at radius 3 is 2.25 bits per heavy atom. The molecule has 210 valence electrons. The summed E-state index contributed by atoms with van der Waals surface area (Å²) in [5, 5.41) is 0.818.